The molecular formula is C20H40IN5O2. The summed E-state index contributed by atoms with van der Waals surface area (Å²) < 4.78 is 5.34. The molecule has 1 heterocycles. The van der Waals surface area contributed by atoms with Crippen molar-refractivity contribution in [3.63, 3.8) is 0 Å². The number of carbonyl (C=O) groups excluding carboxylic acids is 1. The van der Waals surface area contributed by atoms with Crippen LogP contribution in [0.15, 0.2) is 4.99 Å². The minimum atomic E-state index is -0.504. The summed E-state index contributed by atoms with van der Waals surface area (Å²) in [6.07, 6.45) is 3.61. The van der Waals surface area contributed by atoms with Crippen LogP contribution in [-0.4, -0.2) is 66.9 Å². The van der Waals surface area contributed by atoms with Crippen LogP contribution in [0, 0.1) is 5.92 Å². The summed E-state index contributed by atoms with van der Waals surface area (Å²) in [7, 11) is 0. The molecule has 1 atom stereocenters. The molecule has 2 fully saturated rings. The topological polar surface area (TPSA) is 78.0 Å². The molecular weight excluding hydrogens is 469 g/mol. The van der Waals surface area contributed by atoms with Crippen LogP contribution in [0.25, 0.3) is 0 Å². The van der Waals surface area contributed by atoms with Gasteiger partial charge in [-0.15, -0.1) is 24.0 Å². The molecule has 1 amide bonds. The summed E-state index contributed by atoms with van der Waals surface area (Å²) in [4.78, 5) is 19.3. The van der Waals surface area contributed by atoms with E-state index in [4.69, 9.17) is 4.74 Å². The first-order valence-corrected chi connectivity index (χ1v) is 10.4. The van der Waals surface area contributed by atoms with Gasteiger partial charge in [0.05, 0.1) is 12.1 Å². The van der Waals surface area contributed by atoms with E-state index in [9.17, 15) is 4.79 Å². The van der Waals surface area contributed by atoms with E-state index < -0.39 is 17.2 Å². The summed E-state index contributed by atoms with van der Waals surface area (Å²) in [6, 6.07) is 0.858. The lowest BCUT2D eigenvalue weighted by molar-refractivity contribution is 0.0476. The van der Waals surface area contributed by atoms with Gasteiger partial charge in [0.25, 0.3) is 0 Å². The largest absolute Gasteiger partial charge is 0.444 e. The van der Waals surface area contributed by atoms with Crippen LogP contribution in [0.2, 0.25) is 0 Å². The fraction of sp³-hybridized carbons (Fsp3) is 0.900. The Morgan fingerprint density at radius 1 is 1.14 bits per heavy atom. The van der Waals surface area contributed by atoms with Crippen LogP contribution in [0.4, 0.5) is 4.79 Å². The van der Waals surface area contributed by atoms with E-state index in [2.05, 4.69) is 32.8 Å². The van der Waals surface area contributed by atoms with Crippen molar-refractivity contribution < 1.29 is 9.53 Å². The Morgan fingerprint density at radius 2 is 1.82 bits per heavy atom. The SMILES string of the molecule is CCNC(=NCC(C)(C)NC(=O)OC(C)(C)C)NCC1CCN(C2CC2)C1.I. The van der Waals surface area contributed by atoms with E-state index in [0.717, 1.165) is 25.1 Å². The molecule has 0 spiro atoms. The third kappa shape index (κ3) is 9.62. The average molecular weight is 509 g/mol. The third-order valence-corrected chi connectivity index (χ3v) is 4.75. The maximum absolute atomic E-state index is 12.0. The van der Waals surface area contributed by atoms with E-state index >= 15 is 0 Å². The van der Waals surface area contributed by atoms with Crippen molar-refractivity contribution in [2.24, 2.45) is 10.9 Å². The highest BCUT2D eigenvalue weighted by atomic mass is 127. The highest BCUT2D eigenvalue weighted by Crippen LogP contribution is 2.31. The highest BCUT2D eigenvalue weighted by Gasteiger charge is 2.34. The first-order chi connectivity index (χ1) is 12.6. The van der Waals surface area contributed by atoms with Gasteiger partial charge in [-0.05, 0) is 73.3 Å². The van der Waals surface area contributed by atoms with Crippen LogP contribution < -0.4 is 16.0 Å². The first kappa shape index (κ1) is 25.3. The Balaban J connectivity index is 0.00000392. The number of nitrogens with zero attached hydrogens (tertiary/aromatic N) is 2. The molecule has 1 saturated heterocycles. The molecule has 0 bridgehead atoms. The fourth-order valence-corrected chi connectivity index (χ4v) is 3.28. The zero-order valence-corrected chi connectivity index (χ0v) is 20.8. The number of alkyl carbamates (subject to hydrolysis) is 1. The predicted molar refractivity (Wildman–Crippen MR) is 126 cm³/mol. The number of amides is 1. The molecule has 0 aromatic carbocycles. The number of aliphatic imine (C=N–C) groups is 1. The number of guanidine groups is 1. The number of hydrogen-bond acceptors (Lipinski definition) is 4. The van der Waals surface area contributed by atoms with Crippen LogP contribution >= 0.6 is 24.0 Å². The molecule has 3 N–H and O–H groups in total. The van der Waals surface area contributed by atoms with Crippen molar-refractivity contribution in [1.82, 2.24) is 20.9 Å². The number of nitrogens with one attached hydrogen (secondary N) is 3. The van der Waals surface area contributed by atoms with E-state index in [1.807, 2.05) is 34.6 Å². The molecule has 0 aromatic rings. The Morgan fingerprint density at radius 3 is 2.39 bits per heavy atom. The predicted octanol–water partition coefficient (Wildman–Crippen LogP) is 2.95. The second kappa shape index (κ2) is 10.8. The second-order valence-electron chi connectivity index (χ2n) is 9.47. The van der Waals surface area contributed by atoms with E-state index in [1.54, 1.807) is 0 Å². The maximum atomic E-state index is 12.0. The van der Waals surface area contributed by atoms with Gasteiger partial charge in [-0.1, -0.05) is 0 Å². The number of hydrogen-bond donors (Lipinski definition) is 3. The number of likely N-dealkylation sites (tertiary alicyclic amines) is 1. The van der Waals surface area contributed by atoms with Crippen molar-refractivity contribution in [3.8, 4) is 0 Å². The van der Waals surface area contributed by atoms with Gasteiger partial charge in [0.2, 0.25) is 0 Å². The Labute approximate surface area is 187 Å². The lowest BCUT2D eigenvalue weighted by atomic mass is 10.1. The van der Waals surface area contributed by atoms with Crippen LogP contribution in [0.1, 0.15) is 60.8 Å². The number of carbonyl (C=O) groups is 1. The van der Waals surface area contributed by atoms with Gasteiger partial charge in [0.1, 0.15) is 5.60 Å². The summed E-state index contributed by atoms with van der Waals surface area (Å²) in [5.41, 5.74) is -0.990. The van der Waals surface area contributed by atoms with Crippen molar-refractivity contribution in [2.75, 3.05) is 32.7 Å². The summed E-state index contributed by atoms with van der Waals surface area (Å²) in [5, 5.41) is 9.68. The van der Waals surface area contributed by atoms with Crippen molar-refractivity contribution >= 4 is 36.0 Å². The first-order valence-electron chi connectivity index (χ1n) is 10.4. The molecule has 0 radical (unpaired) electrons. The van der Waals surface area contributed by atoms with E-state index in [-0.39, 0.29) is 24.0 Å². The van der Waals surface area contributed by atoms with Crippen LogP contribution in [0.5, 0.6) is 0 Å². The Hall–Kier alpha value is -0.770. The minimum absolute atomic E-state index is 0. The molecule has 0 aromatic heterocycles. The summed E-state index contributed by atoms with van der Waals surface area (Å²) >= 11 is 0. The normalized spacial score (nSPS) is 21.1. The van der Waals surface area contributed by atoms with Gasteiger partial charge in [-0.25, -0.2) is 4.79 Å². The Bertz CT molecular complexity index is 529. The van der Waals surface area contributed by atoms with Gasteiger partial charge in [0.15, 0.2) is 5.96 Å². The molecule has 1 aliphatic heterocycles. The van der Waals surface area contributed by atoms with Crippen molar-refractivity contribution in [1.29, 1.82) is 0 Å². The van der Waals surface area contributed by atoms with Gasteiger partial charge in [-0.2, -0.15) is 0 Å². The smallest absolute Gasteiger partial charge is 0.408 e. The molecule has 28 heavy (non-hydrogen) atoms. The third-order valence-electron chi connectivity index (χ3n) is 4.75. The number of halogens is 1. The van der Waals surface area contributed by atoms with E-state index in [0.29, 0.717) is 12.5 Å². The minimum Gasteiger partial charge on any atom is -0.444 e. The molecule has 2 rings (SSSR count). The molecule has 2 aliphatic rings. The van der Waals surface area contributed by atoms with E-state index in [1.165, 1.54) is 32.4 Å². The van der Waals surface area contributed by atoms with Crippen molar-refractivity contribution in [3.05, 3.63) is 0 Å². The second-order valence-corrected chi connectivity index (χ2v) is 9.47. The number of ether oxygens (including phenoxy) is 1. The molecule has 164 valence electrons. The lowest BCUT2D eigenvalue weighted by Crippen LogP contribution is -2.49. The lowest BCUT2D eigenvalue weighted by Gasteiger charge is -2.27. The van der Waals surface area contributed by atoms with Gasteiger partial charge in [-0.3, -0.25) is 4.99 Å². The average Bonchev–Trinajstić information content (AvgIpc) is 3.26. The van der Waals surface area contributed by atoms with Crippen molar-refractivity contribution in [2.45, 2.75) is 78.0 Å². The van der Waals surface area contributed by atoms with Gasteiger partial charge >= 0.3 is 6.09 Å². The zero-order chi connectivity index (χ0) is 20.1. The maximum Gasteiger partial charge on any atom is 0.408 e. The van der Waals surface area contributed by atoms with Crippen LogP contribution in [-0.2, 0) is 4.74 Å². The summed E-state index contributed by atoms with van der Waals surface area (Å²) in [5.74, 6) is 1.49. The van der Waals surface area contributed by atoms with Gasteiger partial charge < -0.3 is 25.6 Å². The molecule has 1 aliphatic carbocycles. The number of rotatable bonds is 7. The molecule has 1 saturated carbocycles. The highest BCUT2D eigenvalue weighted by molar-refractivity contribution is 14.0. The molecule has 1 unspecified atom stereocenters. The monoisotopic (exact) mass is 509 g/mol. The van der Waals surface area contributed by atoms with Gasteiger partial charge in [0, 0.05) is 25.7 Å². The Kier molecular flexibility index (Phi) is 9.79. The standard InChI is InChI=1S/C20H39N5O2.HI/c1-7-21-17(22-12-15-10-11-25(13-15)16-8-9-16)23-14-20(5,6)24-18(26)27-19(2,3)4;/h15-16H,7-14H2,1-6H3,(H,24,26)(H2,21,22,23);1H. The quantitative estimate of drug-likeness (QED) is 0.280. The molecule has 7 nitrogen and oxygen atoms in total. The van der Waals surface area contributed by atoms with Crippen LogP contribution in [0.3, 0.4) is 0 Å². The summed E-state index contributed by atoms with van der Waals surface area (Å²) in [6.45, 7) is 16.2. The molecule has 8 heteroatoms. The fourth-order valence-electron chi connectivity index (χ4n) is 3.28. The zero-order valence-electron chi connectivity index (χ0n) is 18.4.